The van der Waals surface area contributed by atoms with Gasteiger partial charge in [0.05, 0.1) is 0 Å². The van der Waals surface area contributed by atoms with Gasteiger partial charge in [0.2, 0.25) is 0 Å². The third kappa shape index (κ3) is 5.48. The molecule has 0 bridgehead atoms. The van der Waals surface area contributed by atoms with Crippen molar-refractivity contribution >= 4 is 11.8 Å². The monoisotopic (exact) mass is 255 g/mol. The third-order valence-corrected chi connectivity index (χ3v) is 4.73. The van der Waals surface area contributed by atoms with Crippen LogP contribution in [0.2, 0.25) is 0 Å². The minimum absolute atomic E-state index is 0.451. The molecule has 1 nitrogen and oxygen atoms in total. The van der Waals surface area contributed by atoms with E-state index in [0.29, 0.717) is 5.41 Å². The van der Waals surface area contributed by atoms with E-state index < -0.39 is 0 Å². The number of thioether (sulfide) groups is 1. The van der Waals surface area contributed by atoms with Gasteiger partial charge in [0.15, 0.2) is 0 Å². The molecule has 2 heteroatoms. The second kappa shape index (κ2) is 7.48. The van der Waals surface area contributed by atoms with Gasteiger partial charge in [-0.25, -0.2) is 0 Å². The van der Waals surface area contributed by atoms with E-state index >= 15 is 0 Å². The Bertz CT molecular complexity index is 219. The highest BCUT2D eigenvalue weighted by Crippen LogP contribution is 2.37. The number of rotatable bonds is 6. The summed E-state index contributed by atoms with van der Waals surface area (Å²) in [5, 5.41) is 3.78. The molecule has 0 heterocycles. The van der Waals surface area contributed by atoms with Crippen LogP contribution >= 0.6 is 11.8 Å². The zero-order valence-electron chi connectivity index (χ0n) is 11.8. The normalized spacial score (nSPS) is 25.8. The van der Waals surface area contributed by atoms with Crippen LogP contribution in [-0.4, -0.2) is 24.1 Å². The van der Waals surface area contributed by atoms with E-state index in [9.17, 15) is 0 Å². The van der Waals surface area contributed by atoms with Crippen LogP contribution in [-0.2, 0) is 0 Å². The molecule has 100 valence electrons. The summed E-state index contributed by atoms with van der Waals surface area (Å²) in [6.07, 6.45) is 7.59. The Morgan fingerprint density at radius 2 is 2.00 bits per heavy atom. The van der Waals surface area contributed by atoms with Crippen LogP contribution in [0.1, 0.15) is 46.5 Å². The molecule has 17 heavy (non-hydrogen) atoms. The van der Waals surface area contributed by atoms with E-state index in [1.807, 2.05) is 17.8 Å². The van der Waals surface area contributed by atoms with Gasteiger partial charge in [0.1, 0.15) is 0 Å². The Morgan fingerprint density at radius 1 is 1.29 bits per heavy atom. The molecular formula is C15H29NS. The van der Waals surface area contributed by atoms with Gasteiger partial charge in [0, 0.05) is 24.1 Å². The molecule has 1 rings (SSSR count). The van der Waals surface area contributed by atoms with Crippen molar-refractivity contribution in [2.75, 3.05) is 18.1 Å². The highest BCUT2D eigenvalue weighted by atomic mass is 32.2. The lowest BCUT2D eigenvalue weighted by Crippen LogP contribution is -2.44. The van der Waals surface area contributed by atoms with Crippen molar-refractivity contribution in [2.45, 2.75) is 52.5 Å². The fourth-order valence-electron chi connectivity index (χ4n) is 2.89. The molecule has 1 aliphatic carbocycles. The molecule has 1 N–H and O–H groups in total. The second-order valence-electron chi connectivity index (χ2n) is 6.18. The number of nitrogens with one attached hydrogen (secondary N) is 1. The van der Waals surface area contributed by atoms with E-state index in [1.54, 1.807) is 0 Å². The smallest absolute Gasteiger partial charge is 0.0111 e. The van der Waals surface area contributed by atoms with E-state index in [2.05, 4.69) is 32.7 Å². The first-order chi connectivity index (χ1) is 8.05. The fourth-order valence-corrected chi connectivity index (χ4v) is 3.49. The molecule has 0 aliphatic heterocycles. The standard InChI is InChI=1S/C15H29NS/c1-5-11-17-12-10-16-14-9-7-6-8-13(14)15(2,3)4/h5,13-14,16H,1,6-12H2,2-4H3. The van der Waals surface area contributed by atoms with E-state index in [4.69, 9.17) is 0 Å². The highest BCUT2D eigenvalue weighted by molar-refractivity contribution is 7.99. The van der Waals surface area contributed by atoms with Crippen LogP contribution in [0.25, 0.3) is 0 Å². The van der Waals surface area contributed by atoms with Crippen molar-refractivity contribution in [3.05, 3.63) is 12.7 Å². The van der Waals surface area contributed by atoms with Gasteiger partial charge in [-0.3, -0.25) is 0 Å². The van der Waals surface area contributed by atoms with Crippen LogP contribution in [0, 0.1) is 11.3 Å². The van der Waals surface area contributed by atoms with Crippen molar-refractivity contribution in [3.63, 3.8) is 0 Å². The summed E-state index contributed by atoms with van der Waals surface area (Å²) in [7, 11) is 0. The van der Waals surface area contributed by atoms with Crippen molar-refractivity contribution in [3.8, 4) is 0 Å². The Balaban J connectivity index is 2.30. The molecule has 2 unspecified atom stereocenters. The average molecular weight is 255 g/mol. The fraction of sp³-hybridized carbons (Fsp3) is 0.867. The molecule has 0 amide bonds. The van der Waals surface area contributed by atoms with Crippen LogP contribution in [0.4, 0.5) is 0 Å². The van der Waals surface area contributed by atoms with Crippen LogP contribution in [0.15, 0.2) is 12.7 Å². The average Bonchev–Trinajstić information content (AvgIpc) is 2.28. The van der Waals surface area contributed by atoms with Crippen LogP contribution in [0.5, 0.6) is 0 Å². The van der Waals surface area contributed by atoms with Crippen molar-refractivity contribution in [1.29, 1.82) is 0 Å². The van der Waals surface area contributed by atoms with Crippen molar-refractivity contribution < 1.29 is 0 Å². The Kier molecular flexibility index (Phi) is 6.65. The zero-order valence-corrected chi connectivity index (χ0v) is 12.6. The summed E-state index contributed by atoms with van der Waals surface area (Å²) in [5.74, 6) is 3.13. The van der Waals surface area contributed by atoms with Gasteiger partial charge in [0.25, 0.3) is 0 Å². The van der Waals surface area contributed by atoms with Gasteiger partial charge >= 0.3 is 0 Å². The molecular weight excluding hydrogens is 226 g/mol. The molecule has 2 atom stereocenters. The largest absolute Gasteiger partial charge is 0.313 e. The van der Waals surface area contributed by atoms with Crippen LogP contribution < -0.4 is 5.32 Å². The summed E-state index contributed by atoms with van der Waals surface area (Å²) in [6.45, 7) is 12.1. The van der Waals surface area contributed by atoms with Crippen molar-refractivity contribution in [2.24, 2.45) is 11.3 Å². The van der Waals surface area contributed by atoms with Crippen LogP contribution in [0.3, 0.4) is 0 Å². The molecule has 0 aromatic carbocycles. The molecule has 1 aliphatic rings. The maximum atomic E-state index is 3.78. The number of hydrogen-bond acceptors (Lipinski definition) is 2. The minimum Gasteiger partial charge on any atom is -0.313 e. The topological polar surface area (TPSA) is 12.0 Å². The van der Waals surface area contributed by atoms with E-state index in [1.165, 1.54) is 31.4 Å². The molecule has 0 spiro atoms. The maximum Gasteiger partial charge on any atom is 0.0111 e. The maximum absolute atomic E-state index is 3.78. The van der Waals surface area contributed by atoms with E-state index in [0.717, 1.165) is 24.3 Å². The number of hydrogen-bond donors (Lipinski definition) is 1. The minimum atomic E-state index is 0.451. The predicted molar refractivity (Wildman–Crippen MR) is 80.7 cm³/mol. The predicted octanol–water partition coefficient (Wildman–Crippen LogP) is 4.10. The second-order valence-corrected chi connectivity index (χ2v) is 7.33. The van der Waals surface area contributed by atoms with Gasteiger partial charge in [-0.15, -0.1) is 6.58 Å². The quantitative estimate of drug-likeness (QED) is 0.566. The lowest BCUT2D eigenvalue weighted by molar-refractivity contribution is 0.132. The molecule has 0 saturated heterocycles. The summed E-state index contributed by atoms with van der Waals surface area (Å²) in [5.41, 5.74) is 0.451. The lowest BCUT2D eigenvalue weighted by Gasteiger charge is -2.41. The van der Waals surface area contributed by atoms with Gasteiger partial charge < -0.3 is 5.32 Å². The lowest BCUT2D eigenvalue weighted by atomic mass is 9.69. The highest BCUT2D eigenvalue weighted by Gasteiger charge is 2.33. The van der Waals surface area contributed by atoms with Gasteiger partial charge in [-0.05, 0) is 24.2 Å². The molecule has 1 fully saturated rings. The van der Waals surface area contributed by atoms with E-state index in [-0.39, 0.29) is 0 Å². The first-order valence-corrected chi connectivity index (χ1v) is 8.13. The Hall–Kier alpha value is 0.0500. The molecule has 1 saturated carbocycles. The SMILES string of the molecule is C=CCSCCNC1CCCCC1C(C)(C)C. The summed E-state index contributed by atoms with van der Waals surface area (Å²) >= 11 is 1.97. The Morgan fingerprint density at radius 3 is 2.65 bits per heavy atom. The molecule has 0 radical (unpaired) electrons. The first kappa shape index (κ1) is 15.1. The van der Waals surface area contributed by atoms with Gasteiger partial charge in [-0.1, -0.05) is 39.7 Å². The third-order valence-electron chi connectivity index (χ3n) is 3.77. The summed E-state index contributed by atoms with van der Waals surface area (Å²) < 4.78 is 0. The van der Waals surface area contributed by atoms with Gasteiger partial charge in [-0.2, -0.15) is 11.8 Å². The van der Waals surface area contributed by atoms with Crippen molar-refractivity contribution in [1.82, 2.24) is 5.32 Å². The zero-order chi connectivity index (χ0) is 12.7. The summed E-state index contributed by atoms with van der Waals surface area (Å²) in [6, 6.07) is 0.744. The Labute approximate surface area is 112 Å². The summed E-state index contributed by atoms with van der Waals surface area (Å²) in [4.78, 5) is 0. The molecule has 0 aromatic rings. The first-order valence-electron chi connectivity index (χ1n) is 6.97. The molecule has 0 aromatic heterocycles.